The number of nitrogens with zero attached hydrogens (tertiary/aromatic N) is 1. The first kappa shape index (κ1) is 17.9. The molecule has 0 bridgehead atoms. The Morgan fingerprint density at radius 3 is 2.11 bits per heavy atom. The van der Waals surface area contributed by atoms with Crippen LogP contribution in [0.3, 0.4) is 0 Å². The summed E-state index contributed by atoms with van der Waals surface area (Å²) < 4.78 is 4.67. The fourth-order valence-corrected chi connectivity index (χ4v) is 2.31. The van der Waals surface area contributed by atoms with Crippen LogP contribution in [0.15, 0.2) is 72.9 Å². The maximum absolute atomic E-state index is 12.0. The summed E-state index contributed by atoms with van der Waals surface area (Å²) in [5.74, 6) is 0.221. The summed E-state index contributed by atoms with van der Waals surface area (Å²) in [6.07, 6.45) is 1.55. The molecule has 7 heteroatoms. The van der Waals surface area contributed by atoms with Gasteiger partial charge in [0.25, 0.3) is 0 Å². The molecule has 3 aromatic rings. The third-order valence-corrected chi connectivity index (χ3v) is 3.63. The molecule has 0 aliphatic heterocycles. The molecule has 0 fully saturated rings. The van der Waals surface area contributed by atoms with E-state index >= 15 is 0 Å². The van der Waals surface area contributed by atoms with Crippen LogP contribution in [0.25, 0.3) is 0 Å². The number of methoxy groups -OCH3 is 1. The maximum Gasteiger partial charge on any atom is 0.337 e. The highest BCUT2D eigenvalue weighted by molar-refractivity contribution is 5.99. The second kappa shape index (κ2) is 8.48. The van der Waals surface area contributed by atoms with Crippen molar-refractivity contribution in [2.24, 2.45) is 0 Å². The van der Waals surface area contributed by atoms with E-state index in [9.17, 15) is 9.59 Å². The zero-order chi connectivity index (χ0) is 19.1. The van der Waals surface area contributed by atoms with Crippen LogP contribution in [0, 0.1) is 0 Å². The Hall–Kier alpha value is -3.87. The number of carbonyl (C=O) groups is 2. The summed E-state index contributed by atoms with van der Waals surface area (Å²) in [7, 11) is 1.34. The Morgan fingerprint density at radius 1 is 0.815 bits per heavy atom. The molecule has 2 amide bonds. The molecule has 0 saturated heterocycles. The maximum atomic E-state index is 12.0. The van der Waals surface area contributed by atoms with Crippen LogP contribution < -0.4 is 16.0 Å². The summed E-state index contributed by atoms with van der Waals surface area (Å²) in [5.41, 5.74) is 2.52. The van der Waals surface area contributed by atoms with E-state index in [2.05, 4.69) is 25.7 Å². The van der Waals surface area contributed by atoms with Gasteiger partial charge in [0.05, 0.1) is 24.6 Å². The number of hydrogen-bond acceptors (Lipinski definition) is 5. The van der Waals surface area contributed by atoms with Gasteiger partial charge in [-0.25, -0.2) is 14.6 Å². The Bertz CT molecular complexity index is 910. The van der Waals surface area contributed by atoms with Gasteiger partial charge < -0.3 is 20.7 Å². The van der Waals surface area contributed by atoms with E-state index in [-0.39, 0.29) is 12.0 Å². The van der Waals surface area contributed by atoms with Crippen molar-refractivity contribution in [1.29, 1.82) is 0 Å². The first-order valence-corrected chi connectivity index (χ1v) is 8.18. The number of urea groups is 1. The molecular weight excluding hydrogens is 344 g/mol. The summed E-state index contributed by atoms with van der Waals surface area (Å²) >= 11 is 0. The van der Waals surface area contributed by atoms with Crippen molar-refractivity contribution in [1.82, 2.24) is 4.98 Å². The van der Waals surface area contributed by atoms with Crippen molar-refractivity contribution in [2.75, 3.05) is 23.1 Å². The van der Waals surface area contributed by atoms with Gasteiger partial charge in [-0.05, 0) is 48.5 Å². The highest BCUT2D eigenvalue weighted by Crippen LogP contribution is 2.17. The quantitative estimate of drug-likeness (QED) is 0.590. The number of benzene rings is 2. The van der Waals surface area contributed by atoms with Crippen molar-refractivity contribution in [2.45, 2.75) is 0 Å². The van der Waals surface area contributed by atoms with Gasteiger partial charge in [-0.2, -0.15) is 0 Å². The lowest BCUT2D eigenvalue weighted by Crippen LogP contribution is -2.19. The van der Waals surface area contributed by atoms with E-state index in [0.29, 0.717) is 22.8 Å². The van der Waals surface area contributed by atoms with Crippen LogP contribution in [-0.2, 0) is 4.74 Å². The monoisotopic (exact) mass is 362 g/mol. The van der Waals surface area contributed by atoms with Crippen LogP contribution in [0.4, 0.5) is 27.7 Å². The summed E-state index contributed by atoms with van der Waals surface area (Å²) in [6, 6.07) is 19.1. The highest BCUT2D eigenvalue weighted by Gasteiger charge is 2.05. The van der Waals surface area contributed by atoms with Crippen LogP contribution >= 0.6 is 0 Å². The zero-order valence-electron chi connectivity index (χ0n) is 14.6. The number of esters is 1. The zero-order valence-corrected chi connectivity index (χ0v) is 14.6. The van der Waals surface area contributed by atoms with Crippen molar-refractivity contribution in [3.05, 3.63) is 78.5 Å². The molecule has 3 rings (SSSR count). The largest absolute Gasteiger partial charge is 0.465 e. The highest BCUT2D eigenvalue weighted by atomic mass is 16.5. The van der Waals surface area contributed by atoms with Crippen LogP contribution in [0.2, 0.25) is 0 Å². The molecule has 0 aliphatic carbocycles. The molecule has 7 nitrogen and oxygen atoms in total. The van der Waals surface area contributed by atoms with Gasteiger partial charge in [0.1, 0.15) is 5.82 Å². The predicted octanol–water partition coefficient (Wildman–Crippen LogP) is 4.26. The van der Waals surface area contributed by atoms with Crippen molar-refractivity contribution >= 4 is 34.9 Å². The van der Waals surface area contributed by atoms with E-state index in [0.717, 1.165) is 5.69 Å². The number of pyridine rings is 1. The molecule has 27 heavy (non-hydrogen) atoms. The van der Waals surface area contributed by atoms with Gasteiger partial charge in [0, 0.05) is 11.4 Å². The summed E-state index contributed by atoms with van der Waals surface area (Å²) in [5, 5.41) is 8.57. The van der Waals surface area contributed by atoms with E-state index in [4.69, 9.17) is 0 Å². The van der Waals surface area contributed by atoms with Gasteiger partial charge in [-0.1, -0.05) is 18.2 Å². The van der Waals surface area contributed by atoms with Crippen molar-refractivity contribution in [3.63, 3.8) is 0 Å². The number of carbonyl (C=O) groups excluding carboxylic acids is 2. The Morgan fingerprint density at radius 2 is 1.48 bits per heavy atom. The number of ether oxygens (including phenoxy) is 1. The van der Waals surface area contributed by atoms with Crippen LogP contribution in [0.1, 0.15) is 10.4 Å². The molecule has 0 radical (unpaired) electrons. The first-order chi connectivity index (χ1) is 13.1. The average molecular weight is 362 g/mol. The standard InChI is InChI=1S/C20H18N4O3/c1-27-19(25)14-7-9-16(10-8-14)22-18-12-11-17(13-21-18)24-20(26)23-15-5-3-2-4-6-15/h2-13H,1H3,(H,21,22)(H2,23,24,26). The molecule has 0 saturated carbocycles. The molecule has 0 spiro atoms. The molecule has 0 aliphatic rings. The number of aromatic nitrogens is 1. The van der Waals surface area contributed by atoms with E-state index in [1.54, 1.807) is 54.7 Å². The molecule has 3 N–H and O–H groups in total. The summed E-state index contributed by atoms with van der Waals surface area (Å²) in [6.45, 7) is 0. The van der Waals surface area contributed by atoms with Gasteiger partial charge in [0.2, 0.25) is 0 Å². The fourth-order valence-electron chi connectivity index (χ4n) is 2.31. The normalized spacial score (nSPS) is 9.96. The minimum Gasteiger partial charge on any atom is -0.465 e. The lowest BCUT2D eigenvalue weighted by atomic mass is 10.2. The molecule has 136 valence electrons. The number of para-hydroxylation sites is 1. The minimum absolute atomic E-state index is 0.345. The Kier molecular flexibility index (Phi) is 5.64. The molecule has 1 aromatic heterocycles. The number of rotatable bonds is 5. The molecule has 2 aromatic carbocycles. The average Bonchev–Trinajstić information content (AvgIpc) is 2.70. The third kappa shape index (κ3) is 5.05. The molecule has 1 heterocycles. The van der Waals surface area contributed by atoms with Crippen LogP contribution in [0.5, 0.6) is 0 Å². The number of nitrogens with one attached hydrogen (secondary N) is 3. The lowest BCUT2D eigenvalue weighted by molar-refractivity contribution is 0.0600. The van der Waals surface area contributed by atoms with E-state index < -0.39 is 0 Å². The SMILES string of the molecule is COC(=O)c1ccc(Nc2ccc(NC(=O)Nc3ccccc3)cn2)cc1. The molecular formula is C20H18N4O3. The number of anilines is 4. The third-order valence-electron chi connectivity index (χ3n) is 3.63. The number of hydrogen-bond donors (Lipinski definition) is 3. The van der Waals surface area contributed by atoms with Crippen molar-refractivity contribution < 1.29 is 14.3 Å². The Balaban J connectivity index is 1.57. The lowest BCUT2D eigenvalue weighted by Gasteiger charge is -2.09. The second-order valence-corrected chi connectivity index (χ2v) is 5.57. The molecule has 0 atom stereocenters. The summed E-state index contributed by atoms with van der Waals surface area (Å²) in [4.78, 5) is 27.7. The Labute approximate surface area is 156 Å². The van der Waals surface area contributed by atoms with Gasteiger partial charge in [-0.3, -0.25) is 0 Å². The van der Waals surface area contributed by atoms with Crippen molar-refractivity contribution in [3.8, 4) is 0 Å². The minimum atomic E-state index is -0.385. The van der Waals surface area contributed by atoms with Gasteiger partial charge >= 0.3 is 12.0 Å². The smallest absolute Gasteiger partial charge is 0.337 e. The predicted molar refractivity (Wildman–Crippen MR) is 104 cm³/mol. The van der Waals surface area contributed by atoms with Gasteiger partial charge in [0.15, 0.2) is 0 Å². The van der Waals surface area contributed by atoms with E-state index in [1.807, 2.05) is 18.2 Å². The first-order valence-electron chi connectivity index (χ1n) is 8.18. The van der Waals surface area contributed by atoms with Crippen LogP contribution in [-0.4, -0.2) is 24.1 Å². The van der Waals surface area contributed by atoms with E-state index in [1.165, 1.54) is 7.11 Å². The topological polar surface area (TPSA) is 92.4 Å². The van der Waals surface area contributed by atoms with Gasteiger partial charge in [-0.15, -0.1) is 0 Å². The fraction of sp³-hybridized carbons (Fsp3) is 0.0500. The second-order valence-electron chi connectivity index (χ2n) is 5.57. The molecule has 0 unspecified atom stereocenters. The number of amides is 2.